The van der Waals surface area contributed by atoms with Crippen LogP contribution < -0.4 is 10.1 Å². The number of benzene rings is 2. The molecule has 2 aromatic carbocycles. The van der Waals surface area contributed by atoms with Crippen molar-refractivity contribution in [1.82, 2.24) is 5.32 Å². The molecule has 0 aliphatic rings. The molecule has 0 bridgehead atoms. The fourth-order valence-electron chi connectivity index (χ4n) is 2.56. The molecule has 0 aromatic heterocycles. The lowest BCUT2D eigenvalue weighted by Crippen LogP contribution is -2.15. The summed E-state index contributed by atoms with van der Waals surface area (Å²) in [6.07, 6.45) is 6.08. The lowest BCUT2D eigenvalue weighted by atomic mass is 10.0. The van der Waals surface area contributed by atoms with Crippen molar-refractivity contribution in [3.8, 4) is 5.75 Å². The topological polar surface area (TPSA) is 21.3 Å². The Morgan fingerprint density at radius 2 is 1.81 bits per heavy atom. The van der Waals surface area contributed by atoms with Crippen LogP contribution in [0.3, 0.4) is 0 Å². The van der Waals surface area contributed by atoms with Gasteiger partial charge in [0.05, 0.1) is 7.11 Å². The van der Waals surface area contributed by atoms with Crippen molar-refractivity contribution < 1.29 is 4.74 Å². The zero-order valence-corrected chi connectivity index (χ0v) is 13.8. The molecule has 3 heteroatoms. The van der Waals surface area contributed by atoms with E-state index in [1.165, 1.54) is 41.4 Å². The Morgan fingerprint density at radius 1 is 1.00 bits per heavy atom. The van der Waals surface area contributed by atoms with Crippen molar-refractivity contribution >= 4 is 22.5 Å². The largest absolute Gasteiger partial charge is 0.496 e. The van der Waals surface area contributed by atoms with Gasteiger partial charge in [-0.05, 0) is 48.4 Å². The Bertz CT molecular complexity index is 556. The van der Waals surface area contributed by atoms with Gasteiger partial charge in [0.15, 0.2) is 0 Å². The van der Waals surface area contributed by atoms with Crippen molar-refractivity contribution in [3.63, 3.8) is 0 Å². The molecule has 0 amide bonds. The SMILES string of the molecule is COc1ccc(CNCCCCCSC)c2ccccc12. The molecular formula is C18H25NOS. The van der Waals surface area contributed by atoms with Gasteiger partial charge in [0.2, 0.25) is 0 Å². The molecule has 0 saturated heterocycles. The summed E-state index contributed by atoms with van der Waals surface area (Å²) in [5, 5.41) is 6.04. The van der Waals surface area contributed by atoms with Gasteiger partial charge in [-0.2, -0.15) is 11.8 Å². The molecule has 0 unspecified atom stereocenters. The van der Waals surface area contributed by atoms with Gasteiger partial charge < -0.3 is 10.1 Å². The van der Waals surface area contributed by atoms with Crippen LogP contribution in [0.25, 0.3) is 10.8 Å². The quantitative estimate of drug-likeness (QED) is 0.691. The van der Waals surface area contributed by atoms with E-state index >= 15 is 0 Å². The first-order chi connectivity index (χ1) is 10.4. The maximum atomic E-state index is 5.44. The molecule has 0 atom stereocenters. The molecule has 114 valence electrons. The molecule has 2 aromatic rings. The van der Waals surface area contributed by atoms with Crippen LogP contribution in [-0.4, -0.2) is 25.7 Å². The van der Waals surface area contributed by atoms with E-state index in [1.807, 2.05) is 11.8 Å². The van der Waals surface area contributed by atoms with Gasteiger partial charge in [-0.25, -0.2) is 0 Å². The first-order valence-corrected chi connectivity index (χ1v) is 9.00. The third-order valence-corrected chi connectivity index (χ3v) is 4.41. The van der Waals surface area contributed by atoms with Gasteiger partial charge in [0, 0.05) is 11.9 Å². The number of rotatable bonds is 9. The minimum absolute atomic E-state index is 0.924. The minimum atomic E-state index is 0.924. The predicted molar refractivity (Wildman–Crippen MR) is 94.4 cm³/mol. The van der Waals surface area contributed by atoms with Crippen LogP contribution in [0.15, 0.2) is 36.4 Å². The number of hydrogen-bond acceptors (Lipinski definition) is 3. The Kier molecular flexibility index (Phi) is 6.90. The minimum Gasteiger partial charge on any atom is -0.496 e. The van der Waals surface area contributed by atoms with Gasteiger partial charge >= 0.3 is 0 Å². The first kappa shape index (κ1) is 16.2. The number of hydrogen-bond donors (Lipinski definition) is 1. The van der Waals surface area contributed by atoms with E-state index in [0.717, 1.165) is 18.8 Å². The molecule has 21 heavy (non-hydrogen) atoms. The summed E-state index contributed by atoms with van der Waals surface area (Å²) < 4.78 is 5.44. The lowest BCUT2D eigenvalue weighted by Gasteiger charge is -2.11. The van der Waals surface area contributed by atoms with Crippen LogP contribution in [0.1, 0.15) is 24.8 Å². The number of fused-ring (bicyclic) bond motifs is 1. The van der Waals surface area contributed by atoms with Crippen molar-refractivity contribution in [2.24, 2.45) is 0 Å². The second kappa shape index (κ2) is 8.96. The highest BCUT2D eigenvalue weighted by atomic mass is 32.2. The van der Waals surface area contributed by atoms with Gasteiger partial charge in [-0.15, -0.1) is 0 Å². The van der Waals surface area contributed by atoms with Crippen molar-refractivity contribution in [3.05, 3.63) is 42.0 Å². The first-order valence-electron chi connectivity index (χ1n) is 7.61. The molecule has 0 fully saturated rings. The number of methoxy groups -OCH3 is 1. The van der Waals surface area contributed by atoms with Crippen LogP contribution in [-0.2, 0) is 6.54 Å². The summed E-state index contributed by atoms with van der Waals surface area (Å²) in [4.78, 5) is 0. The summed E-state index contributed by atoms with van der Waals surface area (Å²) in [5.74, 6) is 2.23. The fourth-order valence-corrected chi connectivity index (χ4v) is 3.06. The zero-order valence-electron chi connectivity index (χ0n) is 13.0. The Labute approximate surface area is 132 Å². The highest BCUT2D eigenvalue weighted by Gasteiger charge is 2.05. The maximum absolute atomic E-state index is 5.44. The second-order valence-corrected chi connectivity index (χ2v) is 6.19. The van der Waals surface area contributed by atoms with E-state index in [1.54, 1.807) is 7.11 Å². The zero-order chi connectivity index (χ0) is 14.9. The molecule has 2 rings (SSSR count). The van der Waals surface area contributed by atoms with Crippen LogP contribution in [0.2, 0.25) is 0 Å². The summed E-state index contributed by atoms with van der Waals surface area (Å²) >= 11 is 1.93. The van der Waals surface area contributed by atoms with Crippen LogP contribution in [0, 0.1) is 0 Å². The molecule has 1 N–H and O–H groups in total. The van der Waals surface area contributed by atoms with E-state index in [0.29, 0.717) is 0 Å². The van der Waals surface area contributed by atoms with E-state index in [2.05, 4.69) is 48.0 Å². The number of nitrogens with one attached hydrogen (secondary N) is 1. The Morgan fingerprint density at radius 3 is 2.57 bits per heavy atom. The lowest BCUT2D eigenvalue weighted by molar-refractivity contribution is 0.419. The highest BCUT2D eigenvalue weighted by Crippen LogP contribution is 2.28. The smallest absolute Gasteiger partial charge is 0.126 e. The van der Waals surface area contributed by atoms with Gasteiger partial charge in [-0.1, -0.05) is 36.8 Å². The third kappa shape index (κ3) is 4.65. The van der Waals surface area contributed by atoms with Gasteiger partial charge in [0.25, 0.3) is 0 Å². The molecule has 2 nitrogen and oxygen atoms in total. The average Bonchev–Trinajstić information content (AvgIpc) is 2.54. The molecule has 0 aliphatic heterocycles. The third-order valence-electron chi connectivity index (χ3n) is 3.71. The summed E-state index contributed by atoms with van der Waals surface area (Å²) in [6, 6.07) is 12.7. The molecule has 0 saturated carbocycles. The summed E-state index contributed by atoms with van der Waals surface area (Å²) in [7, 11) is 1.73. The van der Waals surface area contributed by atoms with E-state index in [4.69, 9.17) is 4.74 Å². The van der Waals surface area contributed by atoms with Gasteiger partial charge in [0.1, 0.15) is 5.75 Å². The summed E-state index contributed by atoms with van der Waals surface area (Å²) in [6.45, 7) is 2.02. The van der Waals surface area contributed by atoms with E-state index < -0.39 is 0 Å². The van der Waals surface area contributed by atoms with Crippen LogP contribution >= 0.6 is 11.8 Å². The molecule has 0 radical (unpaired) electrons. The van der Waals surface area contributed by atoms with E-state index in [-0.39, 0.29) is 0 Å². The van der Waals surface area contributed by atoms with Crippen molar-refractivity contribution in [1.29, 1.82) is 0 Å². The van der Waals surface area contributed by atoms with Crippen molar-refractivity contribution in [2.75, 3.05) is 25.7 Å². The predicted octanol–water partition coefficient (Wildman–Crippen LogP) is 4.47. The molecule has 0 spiro atoms. The Balaban J connectivity index is 1.90. The number of thioether (sulfide) groups is 1. The number of unbranched alkanes of at least 4 members (excludes halogenated alkanes) is 2. The standard InChI is InChI=1S/C18H25NOS/c1-20-18-11-10-15(16-8-4-5-9-17(16)18)14-19-12-6-3-7-13-21-2/h4-5,8-11,19H,3,6-7,12-14H2,1-2H3. The molecular weight excluding hydrogens is 278 g/mol. The maximum Gasteiger partial charge on any atom is 0.126 e. The molecule has 0 aliphatic carbocycles. The van der Waals surface area contributed by atoms with Crippen LogP contribution in [0.5, 0.6) is 5.75 Å². The number of ether oxygens (including phenoxy) is 1. The van der Waals surface area contributed by atoms with Gasteiger partial charge in [-0.3, -0.25) is 0 Å². The Hall–Kier alpha value is -1.19. The molecule has 0 heterocycles. The fraction of sp³-hybridized carbons (Fsp3) is 0.444. The highest BCUT2D eigenvalue weighted by molar-refractivity contribution is 7.98. The van der Waals surface area contributed by atoms with E-state index in [9.17, 15) is 0 Å². The monoisotopic (exact) mass is 303 g/mol. The normalized spacial score (nSPS) is 11.0. The average molecular weight is 303 g/mol. The van der Waals surface area contributed by atoms with Crippen molar-refractivity contribution in [2.45, 2.75) is 25.8 Å². The van der Waals surface area contributed by atoms with Crippen LogP contribution in [0.4, 0.5) is 0 Å². The second-order valence-electron chi connectivity index (χ2n) is 5.20. The summed E-state index contributed by atoms with van der Waals surface area (Å²) in [5.41, 5.74) is 1.34.